The maximum atomic E-state index is 13.7. The molecule has 19 heavy (non-hydrogen) atoms. The van der Waals surface area contributed by atoms with E-state index in [0.717, 1.165) is 18.2 Å². The van der Waals surface area contributed by atoms with E-state index in [0.29, 0.717) is 6.54 Å². The molecule has 5 nitrogen and oxygen atoms in total. The van der Waals surface area contributed by atoms with E-state index in [9.17, 15) is 17.6 Å². The van der Waals surface area contributed by atoms with Crippen molar-refractivity contribution in [3.63, 3.8) is 0 Å². The fraction of sp³-hybridized carbons (Fsp3) is 0.417. The van der Waals surface area contributed by atoms with Gasteiger partial charge in [0.2, 0.25) is 10.0 Å². The molecule has 0 bridgehead atoms. The summed E-state index contributed by atoms with van der Waals surface area (Å²) in [7, 11) is -3.98. The Morgan fingerprint density at radius 1 is 1.37 bits per heavy atom. The molecule has 0 radical (unpaired) electrons. The molecule has 1 rings (SSSR count). The van der Waals surface area contributed by atoms with Crippen molar-refractivity contribution in [2.24, 2.45) is 10.6 Å². The topological polar surface area (TPSA) is 89.3 Å². The van der Waals surface area contributed by atoms with E-state index >= 15 is 0 Å². The van der Waals surface area contributed by atoms with E-state index in [1.54, 1.807) is 0 Å². The molecule has 0 unspecified atom stereocenters. The average molecular weight is 288 g/mol. The fourth-order valence-corrected chi connectivity index (χ4v) is 1.82. The fourth-order valence-electron chi connectivity index (χ4n) is 1.30. The Labute approximate surface area is 112 Å². The Hall–Kier alpha value is -1.47. The second-order valence-electron chi connectivity index (χ2n) is 5.43. The summed E-state index contributed by atoms with van der Waals surface area (Å²) in [6.07, 6.45) is 0. The molecule has 0 aliphatic carbocycles. The molecule has 0 heterocycles. The van der Waals surface area contributed by atoms with Gasteiger partial charge in [-0.05, 0) is 23.6 Å². The zero-order chi connectivity index (χ0) is 14.8. The predicted molar refractivity (Wildman–Crippen MR) is 69.6 cm³/mol. The Bertz CT molecular complexity index is 591. The zero-order valence-corrected chi connectivity index (χ0v) is 11.8. The molecule has 0 aliphatic heterocycles. The van der Waals surface area contributed by atoms with Crippen LogP contribution in [-0.4, -0.2) is 20.9 Å². The minimum Gasteiger partial charge on any atom is -0.351 e. The van der Waals surface area contributed by atoms with Crippen LogP contribution in [0.2, 0.25) is 0 Å². The first kappa shape index (κ1) is 15.6. The molecular weight excluding hydrogens is 271 g/mol. The van der Waals surface area contributed by atoms with Crippen LogP contribution in [0.4, 0.5) is 4.39 Å². The van der Waals surface area contributed by atoms with Crippen molar-refractivity contribution in [1.82, 2.24) is 5.32 Å². The molecule has 3 N–H and O–H groups in total. The third kappa shape index (κ3) is 4.60. The van der Waals surface area contributed by atoms with E-state index in [1.165, 1.54) is 0 Å². The molecule has 0 aromatic heterocycles. The second-order valence-corrected chi connectivity index (χ2v) is 6.99. The minimum atomic E-state index is -3.98. The van der Waals surface area contributed by atoms with Crippen molar-refractivity contribution < 1.29 is 17.6 Å². The lowest BCUT2D eigenvalue weighted by atomic mass is 9.97. The van der Waals surface area contributed by atoms with Crippen LogP contribution < -0.4 is 10.5 Å². The van der Waals surface area contributed by atoms with E-state index in [-0.39, 0.29) is 15.9 Å². The van der Waals surface area contributed by atoms with Gasteiger partial charge in [-0.25, -0.2) is 17.9 Å². The molecule has 1 aromatic rings. The van der Waals surface area contributed by atoms with Gasteiger partial charge in [-0.1, -0.05) is 20.8 Å². The van der Waals surface area contributed by atoms with Gasteiger partial charge in [0, 0.05) is 6.54 Å². The van der Waals surface area contributed by atoms with Crippen molar-refractivity contribution in [3.05, 3.63) is 29.6 Å². The quantitative estimate of drug-likeness (QED) is 0.877. The molecule has 106 valence electrons. The molecule has 0 saturated carbocycles. The van der Waals surface area contributed by atoms with Crippen LogP contribution >= 0.6 is 0 Å². The maximum absolute atomic E-state index is 13.7. The average Bonchev–Trinajstić information content (AvgIpc) is 2.23. The number of hydrogen-bond donors (Lipinski definition) is 2. The molecule has 0 fully saturated rings. The highest BCUT2D eigenvalue weighted by Gasteiger charge is 2.18. The van der Waals surface area contributed by atoms with Crippen LogP contribution in [0.25, 0.3) is 0 Å². The van der Waals surface area contributed by atoms with Gasteiger partial charge in [0.15, 0.2) is 0 Å². The zero-order valence-electron chi connectivity index (χ0n) is 11.0. The van der Waals surface area contributed by atoms with Gasteiger partial charge >= 0.3 is 0 Å². The molecule has 0 atom stereocenters. The number of carbonyl (C=O) groups excluding carboxylic acids is 1. The van der Waals surface area contributed by atoms with Crippen LogP contribution in [0.3, 0.4) is 0 Å². The number of nitrogens with two attached hydrogens (primary N) is 1. The van der Waals surface area contributed by atoms with Crippen LogP contribution in [0.5, 0.6) is 0 Å². The van der Waals surface area contributed by atoms with Crippen molar-refractivity contribution in [2.75, 3.05) is 6.54 Å². The van der Waals surface area contributed by atoms with Crippen LogP contribution in [0.1, 0.15) is 31.1 Å². The largest absolute Gasteiger partial charge is 0.351 e. The molecule has 7 heteroatoms. The number of rotatable bonds is 3. The minimum absolute atomic E-state index is 0.132. The maximum Gasteiger partial charge on any atom is 0.254 e. The first-order chi connectivity index (χ1) is 8.50. The van der Waals surface area contributed by atoms with Gasteiger partial charge in [0.05, 0.1) is 10.5 Å². The summed E-state index contributed by atoms with van der Waals surface area (Å²) >= 11 is 0. The number of carbonyl (C=O) groups is 1. The summed E-state index contributed by atoms with van der Waals surface area (Å²) in [5.74, 6) is -1.51. The smallest absolute Gasteiger partial charge is 0.254 e. The number of halogens is 1. The summed E-state index contributed by atoms with van der Waals surface area (Å²) in [6, 6.07) is 2.94. The van der Waals surface area contributed by atoms with Crippen molar-refractivity contribution in [3.8, 4) is 0 Å². The Balaban J connectivity index is 2.95. The lowest BCUT2D eigenvalue weighted by molar-refractivity contribution is 0.0935. The summed E-state index contributed by atoms with van der Waals surface area (Å²) in [4.78, 5) is 11.4. The SMILES string of the molecule is CC(C)(C)CNC(=O)c1ccc(S(N)(=O)=O)cc1F. The summed E-state index contributed by atoms with van der Waals surface area (Å²) in [5, 5.41) is 7.45. The predicted octanol–water partition coefficient (Wildman–Crippen LogP) is 1.25. The number of benzene rings is 1. The number of amides is 1. The van der Waals surface area contributed by atoms with Crippen LogP contribution in [0, 0.1) is 11.2 Å². The first-order valence-electron chi connectivity index (χ1n) is 5.61. The van der Waals surface area contributed by atoms with Crippen LogP contribution in [0.15, 0.2) is 23.1 Å². The van der Waals surface area contributed by atoms with Crippen molar-refractivity contribution in [2.45, 2.75) is 25.7 Å². The highest BCUT2D eigenvalue weighted by Crippen LogP contribution is 2.15. The van der Waals surface area contributed by atoms with E-state index in [4.69, 9.17) is 5.14 Å². The monoisotopic (exact) mass is 288 g/mol. The lowest BCUT2D eigenvalue weighted by Crippen LogP contribution is -2.32. The summed E-state index contributed by atoms with van der Waals surface area (Å²) in [6.45, 7) is 6.15. The van der Waals surface area contributed by atoms with E-state index in [2.05, 4.69) is 5.32 Å². The molecule has 1 aromatic carbocycles. The molecular formula is C12H17FN2O3S. The summed E-state index contributed by atoms with van der Waals surface area (Å²) in [5.41, 5.74) is -0.344. The Kier molecular flexibility index (Phi) is 4.32. The molecule has 0 saturated heterocycles. The normalized spacial score (nSPS) is 12.3. The van der Waals surface area contributed by atoms with Crippen molar-refractivity contribution in [1.29, 1.82) is 0 Å². The number of sulfonamides is 1. The summed E-state index contributed by atoms with van der Waals surface area (Å²) < 4.78 is 35.7. The van der Waals surface area contributed by atoms with E-state index in [1.807, 2.05) is 20.8 Å². The van der Waals surface area contributed by atoms with E-state index < -0.39 is 21.7 Å². The highest BCUT2D eigenvalue weighted by molar-refractivity contribution is 7.89. The van der Waals surface area contributed by atoms with Gasteiger partial charge in [0.1, 0.15) is 5.82 Å². The standard InChI is InChI=1S/C12H17FN2O3S/c1-12(2,3)7-15-11(16)9-5-4-8(6-10(9)13)19(14,17)18/h4-6H,7H2,1-3H3,(H,15,16)(H2,14,17,18). The molecule has 1 amide bonds. The van der Waals surface area contributed by atoms with Gasteiger partial charge in [-0.2, -0.15) is 0 Å². The number of nitrogens with one attached hydrogen (secondary N) is 1. The molecule has 0 aliphatic rings. The third-order valence-electron chi connectivity index (χ3n) is 2.29. The van der Waals surface area contributed by atoms with Gasteiger partial charge in [-0.3, -0.25) is 4.79 Å². The highest BCUT2D eigenvalue weighted by atomic mass is 32.2. The second kappa shape index (κ2) is 5.26. The third-order valence-corrected chi connectivity index (χ3v) is 3.20. The van der Waals surface area contributed by atoms with Crippen molar-refractivity contribution >= 4 is 15.9 Å². The Morgan fingerprint density at radius 3 is 2.37 bits per heavy atom. The number of hydrogen-bond acceptors (Lipinski definition) is 3. The van der Waals surface area contributed by atoms with Crippen LogP contribution in [-0.2, 0) is 10.0 Å². The van der Waals surface area contributed by atoms with Gasteiger partial charge in [-0.15, -0.1) is 0 Å². The van der Waals surface area contributed by atoms with Gasteiger partial charge in [0.25, 0.3) is 5.91 Å². The number of primary sulfonamides is 1. The van der Waals surface area contributed by atoms with Gasteiger partial charge < -0.3 is 5.32 Å². The lowest BCUT2D eigenvalue weighted by Gasteiger charge is -2.18. The first-order valence-corrected chi connectivity index (χ1v) is 7.16. The Morgan fingerprint density at radius 2 is 1.95 bits per heavy atom. The molecule has 0 spiro atoms.